The zero-order chi connectivity index (χ0) is 12.4. The smallest absolute Gasteiger partial charge is 0.117 e. The largest absolute Gasteiger partial charge is 0.508 e. The fraction of sp³-hybridized carbons (Fsp3) is 0.200. The number of rotatable bonds is 2. The maximum Gasteiger partial charge on any atom is 0.117 e. The van der Waals surface area contributed by atoms with Gasteiger partial charge in [-0.1, -0.05) is 49.7 Å². The van der Waals surface area contributed by atoms with E-state index in [9.17, 15) is 5.11 Å². The van der Waals surface area contributed by atoms with Gasteiger partial charge in [-0.05, 0) is 40.8 Å². The van der Waals surface area contributed by atoms with Gasteiger partial charge in [0.05, 0.1) is 0 Å². The first kappa shape index (κ1) is 12.0. The molecule has 0 radical (unpaired) electrons. The van der Waals surface area contributed by atoms with Gasteiger partial charge in [0.25, 0.3) is 0 Å². The molecule has 1 nitrogen and oxygen atoms in total. The van der Waals surface area contributed by atoms with Crippen LogP contribution in [0.4, 0.5) is 0 Å². The van der Waals surface area contributed by atoms with E-state index in [-0.39, 0.29) is 5.75 Å². The summed E-state index contributed by atoms with van der Waals surface area (Å²) >= 11 is 5.92. The highest BCUT2D eigenvalue weighted by Gasteiger charge is 2.03. The Morgan fingerprint density at radius 3 is 2.12 bits per heavy atom. The molecule has 0 fully saturated rings. The normalized spacial score (nSPS) is 10.8. The number of hydrogen-bond donors (Lipinski definition) is 1. The Morgan fingerprint density at radius 1 is 0.941 bits per heavy atom. The van der Waals surface area contributed by atoms with Crippen molar-refractivity contribution < 1.29 is 5.11 Å². The van der Waals surface area contributed by atoms with Crippen molar-refractivity contribution in [2.24, 2.45) is 0 Å². The summed E-state index contributed by atoms with van der Waals surface area (Å²) in [5.74, 6) is 0.720. The molecule has 0 saturated heterocycles. The lowest BCUT2D eigenvalue weighted by atomic mass is 9.99. The second-order valence-electron chi connectivity index (χ2n) is 4.47. The van der Waals surface area contributed by atoms with Crippen LogP contribution in [0.3, 0.4) is 0 Å². The molecule has 0 unspecified atom stereocenters. The average Bonchev–Trinajstić information content (AvgIpc) is 2.28. The molecular weight excluding hydrogens is 232 g/mol. The third-order valence-electron chi connectivity index (χ3n) is 2.79. The standard InChI is InChI=1S/C15H15ClO/c1-10(2)11-3-5-12(6-4-11)13-7-14(16)9-15(17)8-13/h3-10,17H,1-2H3. The first-order chi connectivity index (χ1) is 8.06. The quantitative estimate of drug-likeness (QED) is 0.804. The van der Waals surface area contributed by atoms with E-state index in [1.165, 1.54) is 11.6 Å². The lowest BCUT2D eigenvalue weighted by Gasteiger charge is -2.08. The minimum atomic E-state index is 0.195. The van der Waals surface area contributed by atoms with Gasteiger partial charge in [0.1, 0.15) is 5.75 Å². The van der Waals surface area contributed by atoms with E-state index in [0.29, 0.717) is 10.9 Å². The van der Waals surface area contributed by atoms with Crippen molar-refractivity contribution in [3.05, 3.63) is 53.1 Å². The van der Waals surface area contributed by atoms with Crippen molar-refractivity contribution in [1.29, 1.82) is 0 Å². The summed E-state index contributed by atoms with van der Waals surface area (Å²) in [5.41, 5.74) is 3.30. The molecule has 2 rings (SSSR count). The van der Waals surface area contributed by atoms with Gasteiger partial charge in [0.15, 0.2) is 0 Å². The monoisotopic (exact) mass is 246 g/mol. The van der Waals surface area contributed by atoms with Crippen LogP contribution in [0.5, 0.6) is 5.75 Å². The van der Waals surface area contributed by atoms with E-state index in [1.807, 2.05) is 6.07 Å². The molecule has 0 aliphatic heterocycles. The first-order valence-corrected chi connectivity index (χ1v) is 6.04. The molecule has 2 heteroatoms. The third-order valence-corrected chi connectivity index (χ3v) is 3.01. The summed E-state index contributed by atoms with van der Waals surface area (Å²) in [6.45, 7) is 4.33. The summed E-state index contributed by atoms with van der Waals surface area (Å²) in [5, 5.41) is 10.1. The molecule has 88 valence electrons. The molecule has 0 amide bonds. The van der Waals surface area contributed by atoms with Crippen LogP contribution in [0.15, 0.2) is 42.5 Å². The Hall–Kier alpha value is -1.47. The predicted molar refractivity (Wildman–Crippen MR) is 72.6 cm³/mol. The molecule has 0 atom stereocenters. The number of aromatic hydroxyl groups is 1. The molecule has 0 saturated carbocycles. The second-order valence-corrected chi connectivity index (χ2v) is 4.91. The summed E-state index contributed by atoms with van der Waals surface area (Å²) in [4.78, 5) is 0. The highest BCUT2D eigenvalue weighted by atomic mass is 35.5. The van der Waals surface area contributed by atoms with Crippen LogP contribution in [-0.4, -0.2) is 5.11 Å². The highest BCUT2D eigenvalue weighted by Crippen LogP contribution is 2.28. The van der Waals surface area contributed by atoms with Crippen LogP contribution in [0.1, 0.15) is 25.3 Å². The van der Waals surface area contributed by atoms with Gasteiger partial charge in [0, 0.05) is 5.02 Å². The number of phenolic OH excluding ortho intramolecular Hbond substituents is 1. The molecule has 2 aromatic rings. The van der Waals surface area contributed by atoms with Crippen molar-refractivity contribution in [2.45, 2.75) is 19.8 Å². The summed E-state index contributed by atoms with van der Waals surface area (Å²) in [7, 11) is 0. The highest BCUT2D eigenvalue weighted by molar-refractivity contribution is 6.31. The lowest BCUT2D eigenvalue weighted by molar-refractivity contribution is 0.475. The lowest BCUT2D eigenvalue weighted by Crippen LogP contribution is -1.86. The van der Waals surface area contributed by atoms with Gasteiger partial charge in [-0.15, -0.1) is 0 Å². The molecule has 1 N–H and O–H groups in total. The maximum atomic E-state index is 9.51. The van der Waals surface area contributed by atoms with Crippen molar-refractivity contribution in [2.75, 3.05) is 0 Å². The van der Waals surface area contributed by atoms with Gasteiger partial charge >= 0.3 is 0 Å². The van der Waals surface area contributed by atoms with Crippen molar-refractivity contribution in [3.63, 3.8) is 0 Å². The molecule has 0 spiro atoms. The molecule has 0 bridgehead atoms. The first-order valence-electron chi connectivity index (χ1n) is 5.66. The minimum Gasteiger partial charge on any atom is -0.508 e. The van der Waals surface area contributed by atoms with Crippen LogP contribution < -0.4 is 0 Å². The fourth-order valence-corrected chi connectivity index (χ4v) is 2.03. The molecule has 2 aromatic carbocycles. The van der Waals surface area contributed by atoms with Gasteiger partial charge in [-0.2, -0.15) is 0 Å². The topological polar surface area (TPSA) is 20.2 Å². The molecule has 17 heavy (non-hydrogen) atoms. The SMILES string of the molecule is CC(C)c1ccc(-c2cc(O)cc(Cl)c2)cc1. The Morgan fingerprint density at radius 2 is 1.59 bits per heavy atom. The Kier molecular flexibility index (Phi) is 3.39. The minimum absolute atomic E-state index is 0.195. The van der Waals surface area contributed by atoms with E-state index in [4.69, 9.17) is 11.6 Å². The van der Waals surface area contributed by atoms with Crippen LogP contribution >= 0.6 is 11.6 Å². The number of halogens is 1. The van der Waals surface area contributed by atoms with E-state index in [1.54, 1.807) is 6.07 Å². The van der Waals surface area contributed by atoms with E-state index >= 15 is 0 Å². The van der Waals surface area contributed by atoms with E-state index < -0.39 is 0 Å². The van der Waals surface area contributed by atoms with Crippen LogP contribution in [-0.2, 0) is 0 Å². The van der Waals surface area contributed by atoms with Gasteiger partial charge in [0.2, 0.25) is 0 Å². The van der Waals surface area contributed by atoms with Gasteiger partial charge < -0.3 is 5.11 Å². The van der Waals surface area contributed by atoms with Crippen molar-refractivity contribution in [1.82, 2.24) is 0 Å². The zero-order valence-electron chi connectivity index (χ0n) is 9.94. The number of hydrogen-bond acceptors (Lipinski definition) is 1. The maximum absolute atomic E-state index is 9.51. The number of phenols is 1. The molecular formula is C15H15ClO. The van der Waals surface area contributed by atoms with Crippen molar-refractivity contribution in [3.8, 4) is 16.9 Å². The van der Waals surface area contributed by atoms with Crippen molar-refractivity contribution >= 4 is 11.6 Å². The third kappa shape index (κ3) is 2.80. The van der Waals surface area contributed by atoms with Gasteiger partial charge in [-0.25, -0.2) is 0 Å². The molecule has 0 aliphatic carbocycles. The Balaban J connectivity index is 2.39. The molecule has 0 heterocycles. The molecule has 0 aromatic heterocycles. The summed E-state index contributed by atoms with van der Waals surface area (Å²) in [6, 6.07) is 13.4. The van der Waals surface area contributed by atoms with E-state index in [0.717, 1.165) is 11.1 Å². The summed E-state index contributed by atoms with van der Waals surface area (Å²) in [6.07, 6.45) is 0. The number of benzene rings is 2. The van der Waals surface area contributed by atoms with Crippen LogP contribution in [0.2, 0.25) is 5.02 Å². The van der Waals surface area contributed by atoms with Crippen LogP contribution in [0, 0.1) is 0 Å². The summed E-state index contributed by atoms with van der Waals surface area (Å²) < 4.78 is 0. The second kappa shape index (κ2) is 4.80. The Bertz CT molecular complexity index is 495. The fourth-order valence-electron chi connectivity index (χ4n) is 1.80. The average molecular weight is 247 g/mol. The van der Waals surface area contributed by atoms with Crippen LogP contribution in [0.25, 0.3) is 11.1 Å². The molecule has 0 aliphatic rings. The predicted octanol–water partition coefficient (Wildman–Crippen LogP) is 4.84. The zero-order valence-corrected chi connectivity index (χ0v) is 10.7. The van der Waals surface area contributed by atoms with Gasteiger partial charge in [-0.3, -0.25) is 0 Å². The Labute approximate surface area is 107 Å². The van der Waals surface area contributed by atoms with E-state index in [2.05, 4.69) is 38.1 Å².